The molecule has 0 bridgehead atoms. The molecule has 0 saturated heterocycles. The molecule has 0 aliphatic rings. The Morgan fingerprint density at radius 1 is 0.963 bits per heavy atom. The van der Waals surface area contributed by atoms with E-state index in [4.69, 9.17) is 0 Å². The van der Waals surface area contributed by atoms with Crippen molar-refractivity contribution in [3.63, 3.8) is 0 Å². The summed E-state index contributed by atoms with van der Waals surface area (Å²) in [6, 6.07) is 14.8. The third-order valence-electron chi connectivity index (χ3n) is 3.62. The number of anilines is 2. The van der Waals surface area contributed by atoms with Crippen LogP contribution in [0.5, 0.6) is 0 Å². The van der Waals surface area contributed by atoms with Gasteiger partial charge in [0.25, 0.3) is 0 Å². The molecule has 0 aliphatic heterocycles. The van der Waals surface area contributed by atoms with Crippen LogP contribution >= 0.6 is 0 Å². The highest BCUT2D eigenvalue weighted by Gasteiger charge is 2.28. The molecule has 2 aromatic carbocycles. The highest BCUT2D eigenvalue weighted by Crippen LogP contribution is 2.25. The van der Waals surface area contributed by atoms with Gasteiger partial charge < -0.3 is 10.6 Å². The van der Waals surface area contributed by atoms with E-state index < -0.39 is 20.5 Å². The van der Waals surface area contributed by atoms with E-state index in [-0.39, 0.29) is 12.2 Å². The van der Waals surface area contributed by atoms with Gasteiger partial charge in [-0.05, 0) is 34.7 Å². The third-order valence-corrected chi connectivity index (χ3v) is 5.06. The number of hydrogen-bond acceptors (Lipinski definition) is 7. The van der Waals surface area contributed by atoms with Crippen LogP contribution in [0.2, 0.25) is 0 Å². The first-order chi connectivity index (χ1) is 13.0. The summed E-state index contributed by atoms with van der Waals surface area (Å²) >= 11 is 0. The number of halogens is 2. The van der Waals surface area contributed by atoms with Crippen molar-refractivity contribution in [2.75, 3.05) is 23.7 Å². The van der Waals surface area contributed by atoms with Crippen molar-refractivity contribution in [3.05, 3.63) is 54.6 Å². The van der Waals surface area contributed by atoms with Crippen LogP contribution in [-0.4, -0.2) is 47.5 Å². The number of alkyl halides is 2. The zero-order valence-corrected chi connectivity index (χ0v) is 14.8. The second-order valence-corrected chi connectivity index (χ2v) is 7.29. The van der Waals surface area contributed by atoms with Crippen LogP contribution in [0, 0.1) is 0 Å². The van der Waals surface area contributed by atoms with Crippen molar-refractivity contribution in [2.24, 2.45) is 0 Å². The molecule has 0 spiro atoms. The van der Waals surface area contributed by atoms with E-state index >= 15 is 0 Å². The summed E-state index contributed by atoms with van der Waals surface area (Å²) in [6.45, 7) is 0.591. The zero-order valence-electron chi connectivity index (χ0n) is 14.0. The van der Waals surface area contributed by atoms with Gasteiger partial charge >= 0.3 is 5.76 Å². The number of para-hydroxylation sites is 2. The highest BCUT2D eigenvalue weighted by molar-refractivity contribution is 7.91. The Morgan fingerprint density at radius 3 is 2.37 bits per heavy atom. The Bertz CT molecular complexity index is 995. The predicted octanol–water partition coefficient (Wildman–Crippen LogP) is 2.18. The van der Waals surface area contributed by atoms with Crippen molar-refractivity contribution in [3.8, 4) is 5.69 Å². The molecule has 0 fully saturated rings. The van der Waals surface area contributed by atoms with Crippen LogP contribution in [0.4, 0.5) is 20.4 Å². The lowest BCUT2D eigenvalue weighted by Crippen LogP contribution is -2.19. The van der Waals surface area contributed by atoms with Crippen LogP contribution in [0.15, 0.2) is 59.5 Å². The fourth-order valence-electron chi connectivity index (χ4n) is 2.37. The first-order valence-corrected chi connectivity index (χ1v) is 9.47. The van der Waals surface area contributed by atoms with Crippen LogP contribution in [0.1, 0.15) is 0 Å². The second kappa shape index (κ2) is 8.08. The van der Waals surface area contributed by atoms with E-state index in [0.29, 0.717) is 12.5 Å². The largest absolute Gasteiger partial charge is 0.382 e. The van der Waals surface area contributed by atoms with E-state index in [1.54, 1.807) is 6.07 Å². The van der Waals surface area contributed by atoms with Gasteiger partial charge in [0.15, 0.2) is 0 Å². The lowest BCUT2D eigenvalue weighted by Gasteiger charge is -2.12. The van der Waals surface area contributed by atoms with Crippen molar-refractivity contribution in [1.29, 1.82) is 0 Å². The molecule has 2 N–H and O–H groups in total. The van der Waals surface area contributed by atoms with E-state index in [0.717, 1.165) is 11.8 Å². The molecule has 1 aromatic heterocycles. The Kier molecular flexibility index (Phi) is 5.60. The number of rotatable bonds is 8. The topological polar surface area (TPSA) is 102 Å². The number of benzene rings is 2. The summed E-state index contributed by atoms with van der Waals surface area (Å²) in [5.41, 5.74) is 0.883. The highest BCUT2D eigenvalue weighted by atomic mass is 32.2. The summed E-state index contributed by atoms with van der Waals surface area (Å²) in [4.78, 5) is -0.436. The van der Waals surface area contributed by atoms with Crippen molar-refractivity contribution >= 4 is 21.5 Å². The number of hydrogen-bond donors (Lipinski definition) is 2. The summed E-state index contributed by atoms with van der Waals surface area (Å²) in [5.74, 6) is -3.08. The molecule has 0 unspecified atom stereocenters. The molecular weight excluding hydrogens is 378 g/mol. The van der Waals surface area contributed by atoms with Gasteiger partial charge in [-0.15, -0.1) is 0 Å². The molecule has 27 heavy (non-hydrogen) atoms. The van der Waals surface area contributed by atoms with Crippen molar-refractivity contribution < 1.29 is 17.2 Å². The number of sulfone groups is 1. The fourth-order valence-corrected chi connectivity index (χ4v) is 3.28. The number of tetrazole rings is 1. The molecule has 8 nitrogen and oxygen atoms in total. The van der Waals surface area contributed by atoms with E-state index in [9.17, 15) is 17.2 Å². The molecule has 0 atom stereocenters. The molecule has 11 heteroatoms. The molecule has 142 valence electrons. The van der Waals surface area contributed by atoms with Gasteiger partial charge in [0, 0.05) is 13.1 Å². The molecule has 0 radical (unpaired) electrons. The maximum Gasteiger partial charge on any atom is 0.341 e. The van der Waals surface area contributed by atoms with Gasteiger partial charge in [0.2, 0.25) is 15.8 Å². The Morgan fingerprint density at radius 2 is 1.63 bits per heavy atom. The maximum absolute atomic E-state index is 12.8. The Balaban J connectivity index is 1.64. The minimum Gasteiger partial charge on any atom is -0.382 e. The van der Waals surface area contributed by atoms with Gasteiger partial charge in [0.1, 0.15) is 0 Å². The smallest absolute Gasteiger partial charge is 0.341 e. The molecule has 3 aromatic rings. The van der Waals surface area contributed by atoms with Crippen LogP contribution in [-0.2, 0) is 9.84 Å². The van der Waals surface area contributed by atoms with E-state index in [2.05, 4.69) is 26.2 Å². The molecule has 0 amide bonds. The van der Waals surface area contributed by atoms with Crippen LogP contribution in [0.3, 0.4) is 0 Å². The minimum absolute atomic E-state index is 0.113. The molecule has 1 heterocycles. The van der Waals surface area contributed by atoms with Gasteiger partial charge in [-0.2, -0.15) is 13.5 Å². The lowest BCUT2D eigenvalue weighted by atomic mass is 10.3. The summed E-state index contributed by atoms with van der Waals surface area (Å²) in [6.07, 6.45) is 0. The quantitative estimate of drug-likeness (QED) is 0.565. The number of aromatic nitrogens is 4. The van der Waals surface area contributed by atoms with Crippen LogP contribution < -0.4 is 10.6 Å². The Hall–Kier alpha value is -3.08. The fraction of sp³-hybridized carbons (Fsp3) is 0.188. The van der Waals surface area contributed by atoms with Gasteiger partial charge in [-0.1, -0.05) is 35.4 Å². The predicted molar refractivity (Wildman–Crippen MR) is 95.8 cm³/mol. The van der Waals surface area contributed by atoms with Crippen molar-refractivity contribution in [1.82, 2.24) is 20.2 Å². The molecule has 3 rings (SSSR count). The maximum atomic E-state index is 12.8. The molecule has 0 aliphatic carbocycles. The second-order valence-electron chi connectivity index (χ2n) is 5.41. The van der Waals surface area contributed by atoms with Gasteiger partial charge in [-0.25, -0.2) is 8.42 Å². The summed E-state index contributed by atoms with van der Waals surface area (Å²) < 4.78 is 50.6. The summed E-state index contributed by atoms with van der Waals surface area (Å²) in [5, 5.41) is 17.3. The first-order valence-electron chi connectivity index (χ1n) is 7.93. The third kappa shape index (κ3) is 4.19. The molecular formula is C16H16F2N6O2S. The summed E-state index contributed by atoms with van der Waals surface area (Å²) in [7, 11) is -4.68. The lowest BCUT2D eigenvalue weighted by molar-refractivity contribution is 0.235. The zero-order chi connectivity index (χ0) is 19.3. The molecule has 0 saturated carbocycles. The standard InChI is InChI=1S/C16H16F2N6O2S/c17-15(18)27(25,26)14-9-5-4-8-13(14)19-10-11-20-16-21-22-23-24(16)12-6-2-1-3-7-12/h1-9,15,19H,10-11H2,(H,20,21,23). The van der Waals surface area contributed by atoms with Gasteiger partial charge in [0.05, 0.1) is 16.3 Å². The Labute approximate surface area is 154 Å². The first kappa shape index (κ1) is 18.7. The normalized spacial score (nSPS) is 11.5. The van der Waals surface area contributed by atoms with E-state index in [1.807, 2.05) is 30.3 Å². The monoisotopic (exact) mass is 394 g/mol. The average molecular weight is 394 g/mol. The number of nitrogens with zero attached hydrogens (tertiary/aromatic N) is 4. The number of nitrogens with one attached hydrogen (secondary N) is 2. The average Bonchev–Trinajstić information content (AvgIpc) is 3.14. The van der Waals surface area contributed by atoms with Crippen molar-refractivity contribution in [2.45, 2.75) is 10.7 Å². The van der Waals surface area contributed by atoms with E-state index in [1.165, 1.54) is 16.8 Å². The minimum atomic E-state index is -4.68. The van der Waals surface area contributed by atoms with Gasteiger partial charge in [-0.3, -0.25) is 0 Å². The SMILES string of the molecule is O=S(=O)(c1ccccc1NCCNc1nnnn1-c1ccccc1)C(F)F. The van der Waals surface area contributed by atoms with Crippen LogP contribution in [0.25, 0.3) is 5.69 Å².